The molecule has 0 bridgehead atoms. The third-order valence-corrected chi connectivity index (χ3v) is 8.14. The Morgan fingerprint density at radius 3 is 2.49 bits per heavy atom. The van der Waals surface area contributed by atoms with E-state index in [0.29, 0.717) is 24.1 Å². The second-order valence-electron chi connectivity index (χ2n) is 12.6. The highest BCUT2D eigenvalue weighted by atomic mass is 16.2. The van der Waals surface area contributed by atoms with Crippen molar-refractivity contribution in [2.75, 3.05) is 42.9 Å². The van der Waals surface area contributed by atoms with Crippen LogP contribution < -0.4 is 15.5 Å². The molecule has 2 aliphatic heterocycles. The molecule has 3 aromatic rings. The molecule has 2 aliphatic rings. The maximum absolute atomic E-state index is 13.9. The summed E-state index contributed by atoms with van der Waals surface area (Å²) in [4.78, 5) is 33.0. The van der Waals surface area contributed by atoms with Gasteiger partial charge in [0.1, 0.15) is 5.82 Å². The summed E-state index contributed by atoms with van der Waals surface area (Å²) in [5, 5.41) is 10.9. The number of piperazine rings is 1. The summed E-state index contributed by atoms with van der Waals surface area (Å²) in [5.74, 6) is 0.817. The average Bonchev–Trinajstić information content (AvgIpc) is 3.19. The van der Waals surface area contributed by atoms with Crippen molar-refractivity contribution in [2.24, 2.45) is 12.5 Å². The normalized spacial score (nSPS) is 15.6. The second kappa shape index (κ2) is 11.6. The first-order valence-corrected chi connectivity index (χ1v) is 14.5. The number of hydrogen-bond acceptors (Lipinski definition) is 5. The zero-order valence-electron chi connectivity index (χ0n) is 25.3. The fourth-order valence-electron chi connectivity index (χ4n) is 5.43. The molecule has 1 fully saturated rings. The Morgan fingerprint density at radius 2 is 1.78 bits per heavy atom. The van der Waals surface area contributed by atoms with Crippen LogP contribution in [0.3, 0.4) is 0 Å². The van der Waals surface area contributed by atoms with Crippen LogP contribution in [0.4, 0.5) is 22.0 Å². The zero-order valence-corrected chi connectivity index (χ0v) is 25.3. The molecular formula is C32H43N7O2. The van der Waals surface area contributed by atoms with Crippen LogP contribution in [-0.2, 0) is 20.1 Å². The molecule has 1 aromatic heterocycles. The number of hydrogen-bond donors (Lipinski definition) is 2. The van der Waals surface area contributed by atoms with Crippen molar-refractivity contribution in [3.63, 3.8) is 0 Å². The lowest BCUT2D eigenvalue weighted by molar-refractivity contribution is 0.0985. The molecule has 218 valence electrons. The number of nitrogens with zero attached hydrogens (tertiary/aromatic N) is 5. The minimum Gasteiger partial charge on any atom is -0.338 e. The van der Waals surface area contributed by atoms with Crippen LogP contribution in [0.15, 0.2) is 42.6 Å². The van der Waals surface area contributed by atoms with Crippen molar-refractivity contribution in [1.82, 2.24) is 24.9 Å². The van der Waals surface area contributed by atoms with Crippen LogP contribution in [0.1, 0.15) is 59.8 Å². The van der Waals surface area contributed by atoms with Gasteiger partial charge in [-0.25, -0.2) is 4.79 Å². The molecule has 0 aliphatic carbocycles. The van der Waals surface area contributed by atoms with Crippen molar-refractivity contribution >= 4 is 29.1 Å². The van der Waals surface area contributed by atoms with E-state index in [9.17, 15) is 9.59 Å². The third kappa shape index (κ3) is 6.56. The zero-order chi connectivity index (χ0) is 29.3. The van der Waals surface area contributed by atoms with Crippen molar-refractivity contribution in [3.05, 3.63) is 70.4 Å². The number of aromatic nitrogens is 2. The number of anilines is 3. The Labute approximate surface area is 243 Å². The smallest absolute Gasteiger partial charge is 0.317 e. The number of benzene rings is 2. The van der Waals surface area contributed by atoms with Gasteiger partial charge in [0.2, 0.25) is 0 Å². The number of aryl methyl sites for hydroxylation is 3. The topological polar surface area (TPSA) is 85.7 Å². The summed E-state index contributed by atoms with van der Waals surface area (Å²) in [6.45, 7) is 16.1. The molecule has 1 saturated heterocycles. The van der Waals surface area contributed by atoms with Gasteiger partial charge >= 0.3 is 6.03 Å². The van der Waals surface area contributed by atoms with Gasteiger partial charge in [0, 0.05) is 50.9 Å². The summed E-state index contributed by atoms with van der Waals surface area (Å²) >= 11 is 0. The molecule has 0 saturated carbocycles. The Hall–Kier alpha value is -3.85. The lowest BCUT2D eigenvalue weighted by Gasteiger charge is -2.36. The SMILES string of the molecule is Cc1ccc2c(c1)N(C(=O)c1ccc(CNC(=O)N3CCN(CCC(C)(C)C)CC3)c(C)c1)Cc1cnn(C)c1N2. The molecule has 2 N–H and O–H groups in total. The van der Waals surface area contributed by atoms with Gasteiger partial charge in [0.05, 0.1) is 24.1 Å². The molecule has 5 rings (SSSR count). The van der Waals surface area contributed by atoms with Gasteiger partial charge < -0.3 is 20.4 Å². The molecule has 3 heterocycles. The van der Waals surface area contributed by atoms with E-state index < -0.39 is 0 Å². The number of urea groups is 1. The Kier molecular flexibility index (Phi) is 8.09. The lowest BCUT2D eigenvalue weighted by Crippen LogP contribution is -2.52. The van der Waals surface area contributed by atoms with Crippen LogP contribution in [0.2, 0.25) is 0 Å². The van der Waals surface area contributed by atoms with Crippen LogP contribution in [-0.4, -0.2) is 64.2 Å². The molecule has 9 heteroatoms. The highest BCUT2D eigenvalue weighted by molar-refractivity contribution is 6.08. The first-order valence-electron chi connectivity index (χ1n) is 14.5. The predicted octanol–water partition coefficient (Wildman–Crippen LogP) is 5.20. The molecule has 2 aromatic carbocycles. The van der Waals surface area contributed by atoms with Gasteiger partial charge in [-0.3, -0.25) is 14.4 Å². The fraction of sp³-hybridized carbons (Fsp3) is 0.469. The van der Waals surface area contributed by atoms with E-state index in [1.165, 1.54) is 0 Å². The second-order valence-corrected chi connectivity index (χ2v) is 12.6. The maximum atomic E-state index is 13.9. The van der Waals surface area contributed by atoms with E-state index in [1.807, 2.05) is 73.3 Å². The first-order chi connectivity index (χ1) is 19.5. The molecular weight excluding hydrogens is 514 g/mol. The summed E-state index contributed by atoms with van der Waals surface area (Å²) in [6.07, 6.45) is 2.96. The number of nitrogens with one attached hydrogen (secondary N) is 2. The van der Waals surface area contributed by atoms with Crippen molar-refractivity contribution in [1.29, 1.82) is 0 Å². The standard InChI is InChI=1S/C32H43N7O2/c1-22-7-10-27-28(17-22)39(21-26-20-34-36(6)29(26)35-27)30(40)24-8-9-25(23(2)18-24)19-33-31(41)38-15-13-37(14-16-38)12-11-32(3,4)5/h7-10,17-18,20,35H,11-16,19,21H2,1-6H3,(H,33,41). The molecule has 0 radical (unpaired) electrons. The lowest BCUT2D eigenvalue weighted by atomic mass is 9.92. The van der Waals surface area contributed by atoms with E-state index >= 15 is 0 Å². The maximum Gasteiger partial charge on any atom is 0.317 e. The van der Waals surface area contributed by atoms with Crippen LogP contribution in [0.5, 0.6) is 0 Å². The van der Waals surface area contributed by atoms with Crippen molar-refractivity contribution in [2.45, 2.75) is 54.1 Å². The minimum atomic E-state index is -0.0710. The van der Waals surface area contributed by atoms with Gasteiger partial charge in [-0.1, -0.05) is 32.9 Å². The Morgan fingerprint density at radius 1 is 1.02 bits per heavy atom. The number of fused-ring (bicyclic) bond motifs is 2. The van der Waals surface area contributed by atoms with Crippen LogP contribution in [0.25, 0.3) is 0 Å². The van der Waals surface area contributed by atoms with E-state index in [1.54, 1.807) is 4.68 Å². The van der Waals surface area contributed by atoms with E-state index in [2.05, 4.69) is 41.4 Å². The average molecular weight is 558 g/mol. The van der Waals surface area contributed by atoms with Gasteiger partial charge in [-0.15, -0.1) is 0 Å². The van der Waals surface area contributed by atoms with Gasteiger partial charge in [-0.05, 0) is 73.2 Å². The molecule has 3 amide bonds. The highest BCUT2D eigenvalue weighted by Crippen LogP contribution is 2.37. The number of amides is 3. The quantitative estimate of drug-likeness (QED) is 0.450. The highest BCUT2D eigenvalue weighted by Gasteiger charge is 2.27. The Balaban J connectivity index is 1.23. The van der Waals surface area contributed by atoms with Gasteiger partial charge in [-0.2, -0.15) is 5.10 Å². The van der Waals surface area contributed by atoms with Crippen molar-refractivity contribution in [3.8, 4) is 0 Å². The number of carbonyl (C=O) groups is 2. The fourth-order valence-corrected chi connectivity index (χ4v) is 5.43. The van der Waals surface area contributed by atoms with Gasteiger partial charge in [0.25, 0.3) is 5.91 Å². The molecule has 0 unspecified atom stereocenters. The summed E-state index contributed by atoms with van der Waals surface area (Å²) in [7, 11) is 1.89. The van der Waals surface area contributed by atoms with E-state index in [0.717, 1.165) is 78.6 Å². The molecule has 41 heavy (non-hydrogen) atoms. The molecule has 9 nitrogen and oxygen atoms in total. The van der Waals surface area contributed by atoms with E-state index in [-0.39, 0.29) is 11.9 Å². The van der Waals surface area contributed by atoms with Gasteiger partial charge in [0.15, 0.2) is 0 Å². The largest absolute Gasteiger partial charge is 0.338 e. The summed E-state index contributed by atoms with van der Waals surface area (Å²) in [5.41, 5.74) is 6.68. The van der Waals surface area contributed by atoms with Crippen LogP contribution >= 0.6 is 0 Å². The summed E-state index contributed by atoms with van der Waals surface area (Å²) in [6, 6.07) is 11.8. The Bertz CT molecular complexity index is 1430. The van der Waals surface area contributed by atoms with Crippen molar-refractivity contribution < 1.29 is 9.59 Å². The number of rotatable bonds is 5. The molecule has 0 atom stereocenters. The van der Waals surface area contributed by atoms with Crippen LogP contribution in [0, 0.1) is 19.3 Å². The van der Waals surface area contributed by atoms with E-state index in [4.69, 9.17) is 0 Å². The summed E-state index contributed by atoms with van der Waals surface area (Å²) < 4.78 is 1.80. The predicted molar refractivity (Wildman–Crippen MR) is 164 cm³/mol. The monoisotopic (exact) mass is 557 g/mol. The number of carbonyl (C=O) groups excluding carboxylic acids is 2. The first kappa shape index (κ1) is 28.7. The third-order valence-electron chi connectivity index (χ3n) is 8.14. The molecule has 0 spiro atoms. The minimum absolute atomic E-state index is 0.0312.